The van der Waals surface area contributed by atoms with Crippen molar-refractivity contribution in [3.63, 3.8) is 0 Å². The van der Waals surface area contributed by atoms with E-state index >= 15 is 0 Å². The fourth-order valence-electron chi connectivity index (χ4n) is 3.68. The van der Waals surface area contributed by atoms with E-state index in [9.17, 15) is 21.6 Å². The van der Waals surface area contributed by atoms with Crippen molar-refractivity contribution in [2.45, 2.75) is 37.7 Å². The molecule has 0 N–H and O–H groups in total. The van der Waals surface area contributed by atoms with E-state index in [1.54, 1.807) is 35.2 Å². The summed E-state index contributed by atoms with van der Waals surface area (Å²) in [6.45, 7) is 4.59. The first-order valence-electron chi connectivity index (χ1n) is 10.6. The summed E-state index contributed by atoms with van der Waals surface area (Å²) in [5, 5.41) is 0. The molecular weight excluding hydrogens is 462 g/mol. The normalized spacial score (nSPS) is 17.5. The molecule has 1 aliphatic heterocycles. The van der Waals surface area contributed by atoms with Gasteiger partial charge in [-0.05, 0) is 61.8 Å². The summed E-state index contributed by atoms with van der Waals surface area (Å²) in [6.07, 6.45) is 9.48. The van der Waals surface area contributed by atoms with Gasteiger partial charge in [0.2, 0.25) is 0 Å². The number of carbonyl (C=O) groups excluding carboxylic acids is 1. The van der Waals surface area contributed by atoms with Crippen LogP contribution in [0.15, 0.2) is 69.7 Å². The van der Waals surface area contributed by atoms with Gasteiger partial charge in [-0.25, -0.2) is 16.8 Å². The van der Waals surface area contributed by atoms with Gasteiger partial charge in [0.05, 0.1) is 15.9 Å². The summed E-state index contributed by atoms with van der Waals surface area (Å²) in [5.41, 5.74) is 2.32. The van der Waals surface area contributed by atoms with Crippen LogP contribution in [0, 0.1) is 0 Å². The molecule has 0 spiro atoms. The van der Waals surface area contributed by atoms with Crippen LogP contribution >= 0.6 is 0 Å². The van der Waals surface area contributed by atoms with Gasteiger partial charge in [0, 0.05) is 37.6 Å². The van der Waals surface area contributed by atoms with Gasteiger partial charge in [-0.1, -0.05) is 18.2 Å². The van der Waals surface area contributed by atoms with Crippen molar-refractivity contribution in [3.8, 4) is 0 Å². The second-order valence-corrected chi connectivity index (χ2v) is 12.5. The fraction of sp³-hybridized carbons (Fsp3) is 0.375. The maximum absolute atomic E-state index is 13.3. The van der Waals surface area contributed by atoms with Crippen LogP contribution in [0.5, 0.6) is 0 Å². The van der Waals surface area contributed by atoms with Crippen LogP contribution in [-0.4, -0.2) is 59.3 Å². The van der Waals surface area contributed by atoms with Crippen molar-refractivity contribution in [3.05, 3.63) is 70.4 Å². The highest BCUT2D eigenvalue weighted by atomic mass is 32.2. The van der Waals surface area contributed by atoms with Gasteiger partial charge in [-0.2, -0.15) is 0 Å². The van der Waals surface area contributed by atoms with E-state index in [1.807, 2.05) is 19.9 Å². The lowest BCUT2D eigenvalue weighted by Crippen LogP contribution is -2.36. The molecular formula is C24H29NO6S2. The van der Waals surface area contributed by atoms with Crippen molar-refractivity contribution in [2.24, 2.45) is 0 Å². The highest BCUT2D eigenvalue weighted by Crippen LogP contribution is 2.28. The molecule has 0 atom stereocenters. The first-order valence-corrected chi connectivity index (χ1v) is 14.4. The Labute approximate surface area is 196 Å². The number of hydrogen-bond donors (Lipinski definition) is 0. The van der Waals surface area contributed by atoms with Crippen molar-refractivity contribution >= 4 is 31.2 Å². The maximum Gasteiger partial charge on any atom is 0.250 e. The van der Waals surface area contributed by atoms with E-state index in [1.165, 1.54) is 18.4 Å². The minimum atomic E-state index is -3.50. The van der Waals surface area contributed by atoms with E-state index in [-0.39, 0.29) is 28.2 Å². The molecule has 0 aromatic heterocycles. The number of nitrogens with zero attached hydrogens (tertiary/aromatic N) is 1. The lowest BCUT2D eigenvalue weighted by Gasteiger charge is -2.28. The van der Waals surface area contributed by atoms with Crippen molar-refractivity contribution in [1.29, 1.82) is 0 Å². The third kappa shape index (κ3) is 6.45. The van der Waals surface area contributed by atoms with Crippen LogP contribution in [0.3, 0.4) is 0 Å². The summed E-state index contributed by atoms with van der Waals surface area (Å²) < 4.78 is 53.4. The Balaban J connectivity index is 1.80. The number of allylic oxidation sites excluding steroid dienone is 4. The van der Waals surface area contributed by atoms with Crippen molar-refractivity contribution in [1.82, 2.24) is 4.90 Å². The number of carbonyl (C=O) groups is 1. The third-order valence-electron chi connectivity index (χ3n) is 5.35. The summed E-state index contributed by atoms with van der Waals surface area (Å²) >= 11 is 0. The Morgan fingerprint density at radius 3 is 2.18 bits per heavy atom. The number of amides is 1. The van der Waals surface area contributed by atoms with Gasteiger partial charge in [-0.3, -0.25) is 4.79 Å². The number of sulfone groups is 2. The zero-order valence-corrected chi connectivity index (χ0v) is 20.9. The summed E-state index contributed by atoms with van der Waals surface area (Å²) in [5.74, 6) is 0.315. The Morgan fingerprint density at radius 2 is 1.67 bits per heavy atom. The smallest absolute Gasteiger partial charge is 0.250 e. The summed E-state index contributed by atoms with van der Waals surface area (Å²) in [6, 6.07) is 6.72. The predicted octanol–water partition coefficient (Wildman–Crippen LogP) is 3.27. The molecule has 1 aliphatic carbocycles. The molecule has 2 aliphatic rings. The monoisotopic (exact) mass is 491 g/mol. The molecule has 0 bridgehead atoms. The Morgan fingerprint density at radius 1 is 1.00 bits per heavy atom. The molecule has 1 aromatic rings. The molecule has 1 aromatic carbocycles. The van der Waals surface area contributed by atoms with Crippen LogP contribution in [-0.2, 0) is 29.2 Å². The zero-order valence-electron chi connectivity index (χ0n) is 19.2. The highest BCUT2D eigenvalue weighted by molar-refractivity contribution is 7.94. The molecule has 3 rings (SSSR count). The standard InChI is InChI=1S/C24H29NO6S2/c1-17(2)31-21-7-10-23(33(4,29)30)16-20(15-21)24(26)25-13-11-19(12-14-25)18-5-8-22(9-6-18)32(3,27)28/h5-11,16-17H,12-15H2,1-4H3. The number of benzene rings is 1. The van der Waals surface area contributed by atoms with E-state index in [0.29, 0.717) is 30.8 Å². The molecule has 1 heterocycles. The molecule has 178 valence electrons. The zero-order chi connectivity index (χ0) is 24.4. The number of rotatable bonds is 6. The molecule has 0 saturated carbocycles. The van der Waals surface area contributed by atoms with E-state index in [2.05, 4.69) is 0 Å². The average molecular weight is 492 g/mol. The molecule has 7 nitrogen and oxygen atoms in total. The van der Waals surface area contributed by atoms with E-state index in [4.69, 9.17) is 4.74 Å². The largest absolute Gasteiger partial charge is 0.495 e. The molecule has 0 unspecified atom stereocenters. The molecule has 0 radical (unpaired) electrons. The lowest BCUT2D eigenvalue weighted by molar-refractivity contribution is -0.126. The van der Waals surface area contributed by atoms with Gasteiger partial charge >= 0.3 is 0 Å². The molecule has 9 heteroatoms. The van der Waals surface area contributed by atoms with E-state index < -0.39 is 19.7 Å². The summed E-state index contributed by atoms with van der Waals surface area (Å²) in [4.78, 5) is 15.3. The van der Waals surface area contributed by atoms with Gasteiger partial charge in [0.1, 0.15) is 5.76 Å². The van der Waals surface area contributed by atoms with Gasteiger partial charge in [0.15, 0.2) is 19.7 Å². The number of ether oxygens (including phenoxy) is 1. The van der Waals surface area contributed by atoms with Gasteiger partial charge < -0.3 is 9.64 Å². The van der Waals surface area contributed by atoms with Gasteiger partial charge in [0.25, 0.3) is 5.91 Å². The highest BCUT2D eigenvalue weighted by Gasteiger charge is 2.25. The molecule has 33 heavy (non-hydrogen) atoms. The summed E-state index contributed by atoms with van der Waals surface area (Å²) in [7, 11) is -6.75. The fourth-order valence-corrected chi connectivity index (χ4v) is 4.98. The Bertz CT molecular complexity index is 1260. The minimum absolute atomic E-state index is 0.0763. The van der Waals surface area contributed by atoms with Crippen LogP contribution in [0.1, 0.15) is 32.3 Å². The lowest BCUT2D eigenvalue weighted by atomic mass is 9.99. The second-order valence-electron chi connectivity index (χ2n) is 8.51. The average Bonchev–Trinajstić information content (AvgIpc) is 2.95. The van der Waals surface area contributed by atoms with Crippen LogP contribution in [0.25, 0.3) is 5.57 Å². The van der Waals surface area contributed by atoms with Gasteiger partial charge in [-0.15, -0.1) is 0 Å². The van der Waals surface area contributed by atoms with Crippen LogP contribution in [0.2, 0.25) is 0 Å². The molecule has 0 saturated heterocycles. The first-order chi connectivity index (χ1) is 15.3. The van der Waals surface area contributed by atoms with Crippen LogP contribution in [0.4, 0.5) is 0 Å². The SMILES string of the molecule is CC(C)OC1=CC=C(S(C)(=O)=O)C=C(C(=O)N2CC=C(c3ccc(S(C)(=O)=O)cc3)CC2)C1. The second kappa shape index (κ2) is 9.69. The molecule has 1 amide bonds. The third-order valence-corrected chi connectivity index (χ3v) is 7.59. The van der Waals surface area contributed by atoms with E-state index in [0.717, 1.165) is 17.4 Å². The minimum Gasteiger partial charge on any atom is -0.495 e. The quantitative estimate of drug-likeness (QED) is 0.606. The number of hydrogen-bond acceptors (Lipinski definition) is 6. The molecule has 0 fully saturated rings. The van der Waals surface area contributed by atoms with Crippen molar-refractivity contribution < 1.29 is 26.4 Å². The Hall–Kier alpha value is -2.65. The topological polar surface area (TPSA) is 97.8 Å². The maximum atomic E-state index is 13.3. The first kappa shape index (κ1) is 25.0. The predicted molar refractivity (Wildman–Crippen MR) is 129 cm³/mol. The van der Waals surface area contributed by atoms with Crippen LogP contribution < -0.4 is 0 Å². The van der Waals surface area contributed by atoms with Crippen molar-refractivity contribution in [2.75, 3.05) is 25.6 Å². The Kier molecular flexibility index (Phi) is 7.33.